The fourth-order valence-corrected chi connectivity index (χ4v) is 3.30. The van der Waals surface area contributed by atoms with Crippen molar-refractivity contribution in [3.05, 3.63) is 53.1 Å². The number of nitrogens with zero attached hydrogens (tertiary/aromatic N) is 5. The van der Waals surface area contributed by atoms with Crippen molar-refractivity contribution in [2.24, 2.45) is 0 Å². The summed E-state index contributed by atoms with van der Waals surface area (Å²) in [7, 11) is 4.11. The highest BCUT2D eigenvalue weighted by atomic mass is 19.1. The van der Waals surface area contributed by atoms with E-state index in [9.17, 15) is 4.39 Å². The molecule has 0 aromatic carbocycles. The molecule has 24 heavy (non-hydrogen) atoms. The topological polar surface area (TPSA) is 45.2 Å². The summed E-state index contributed by atoms with van der Waals surface area (Å²) in [5.74, 6) is 0.510. The molecule has 1 aliphatic heterocycles. The summed E-state index contributed by atoms with van der Waals surface area (Å²) >= 11 is 0. The van der Waals surface area contributed by atoms with Gasteiger partial charge in [-0.3, -0.25) is 9.88 Å². The van der Waals surface area contributed by atoms with Crippen LogP contribution in [0.2, 0.25) is 0 Å². The Morgan fingerprint density at radius 1 is 1.25 bits per heavy atom. The third-order valence-electron chi connectivity index (χ3n) is 4.34. The number of aryl methyl sites for hydroxylation is 1. The molecule has 0 radical (unpaired) electrons. The van der Waals surface area contributed by atoms with Gasteiger partial charge in [0, 0.05) is 24.8 Å². The number of hydrogen-bond donors (Lipinski definition) is 0. The molecule has 0 saturated carbocycles. The predicted octanol–water partition coefficient (Wildman–Crippen LogP) is 2.72. The molecule has 1 atom stereocenters. The first kappa shape index (κ1) is 16.9. The molecule has 1 aliphatic rings. The van der Waals surface area contributed by atoms with E-state index in [2.05, 4.69) is 33.9 Å². The normalized spacial score (nSPS) is 18.5. The van der Waals surface area contributed by atoms with Gasteiger partial charge in [0.05, 0.1) is 23.6 Å². The molecule has 0 amide bonds. The van der Waals surface area contributed by atoms with Gasteiger partial charge in [0.25, 0.3) is 0 Å². The standard InChI is InChI=1S/C18H24FN5/c1-13-20-9-14(11-23(2)3)18(22-13)17-5-4-8-24(17)12-16-7-6-15(19)10-21-16/h6-7,9-10,17H,4-5,8,11-12H2,1-3H3/t17-/m1/s1. The van der Waals surface area contributed by atoms with E-state index in [1.54, 1.807) is 6.07 Å². The highest BCUT2D eigenvalue weighted by Gasteiger charge is 2.29. The molecular weight excluding hydrogens is 305 g/mol. The van der Waals surface area contributed by atoms with Crippen LogP contribution in [0.1, 0.15) is 41.7 Å². The minimum Gasteiger partial charge on any atom is -0.305 e. The molecule has 1 saturated heterocycles. The zero-order valence-corrected chi connectivity index (χ0v) is 14.5. The van der Waals surface area contributed by atoms with Crippen molar-refractivity contribution < 1.29 is 4.39 Å². The van der Waals surface area contributed by atoms with Crippen LogP contribution in [-0.2, 0) is 13.1 Å². The number of aromatic nitrogens is 3. The van der Waals surface area contributed by atoms with Gasteiger partial charge in [-0.2, -0.15) is 0 Å². The quantitative estimate of drug-likeness (QED) is 0.844. The van der Waals surface area contributed by atoms with Crippen LogP contribution >= 0.6 is 0 Å². The van der Waals surface area contributed by atoms with Crippen molar-refractivity contribution in [2.45, 2.75) is 38.9 Å². The van der Waals surface area contributed by atoms with E-state index >= 15 is 0 Å². The Kier molecular flexibility index (Phi) is 5.16. The molecule has 5 nitrogen and oxygen atoms in total. The number of rotatable bonds is 5. The Morgan fingerprint density at radius 2 is 2.08 bits per heavy atom. The number of likely N-dealkylation sites (tertiary alicyclic amines) is 1. The number of pyridine rings is 1. The van der Waals surface area contributed by atoms with Crippen LogP contribution in [0.3, 0.4) is 0 Å². The summed E-state index contributed by atoms with van der Waals surface area (Å²) in [6.45, 7) is 4.49. The van der Waals surface area contributed by atoms with Crippen molar-refractivity contribution >= 4 is 0 Å². The van der Waals surface area contributed by atoms with Crippen molar-refractivity contribution in [1.82, 2.24) is 24.8 Å². The highest BCUT2D eigenvalue weighted by Crippen LogP contribution is 2.33. The summed E-state index contributed by atoms with van der Waals surface area (Å²) in [6.07, 6.45) is 5.45. The van der Waals surface area contributed by atoms with Crippen LogP contribution in [0.25, 0.3) is 0 Å². The summed E-state index contributed by atoms with van der Waals surface area (Å²) in [4.78, 5) is 17.9. The van der Waals surface area contributed by atoms with Crippen LogP contribution in [0.4, 0.5) is 4.39 Å². The van der Waals surface area contributed by atoms with Crippen LogP contribution in [0, 0.1) is 12.7 Å². The Labute approximate surface area is 142 Å². The second-order valence-corrected chi connectivity index (χ2v) is 6.66. The number of halogens is 1. The molecule has 2 aromatic rings. The molecule has 3 heterocycles. The van der Waals surface area contributed by atoms with E-state index in [1.807, 2.05) is 13.1 Å². The fourth-order valence-electron chi connectivity index (χ4n) is 3.30. The lowest BCUT2D eigenvalue weighted by molar-refractivity contribution is 0.238. The average Bonchev–Trinajstić information content (AvgIpc) is 2.99. The lowest BCUT2D eigenvalue weighted by atomic mass is 10.1. The van der Waals surface area contributed by atoms with Crippen LogP contribution in [-0.4, -0.2) is 45.4 Å². The zero-order valence-electron chi connectivity index (χ0n) is 14.5. The first-order chi connectivity index (χ1) is 11.5. The lowest BCUT2D eigenvalue weighted by Gasteiger charge is -2.26. The fraction of sp³-hybridized carbons (Fsp3) is 0.500. The van der Waals surface area contributed by atoms with E-state index in [-0.39, 0.29) is 11.9 Å². The molecule has 3 rings (SSSR count). The predicted molar refractivity (Wildman–Crippen MR) is 90.7 cm³/mol. The third-order valence-corrected chi connectivity index (χ3v) is 4.34. The van der Waals surface area contributed by atoms with Crippen LogP contribution in [0.5, 0.6) is 0 Å². The molecule has 128 valence electrons. The molecule has 2 aromatic heterocycles. The van der Waals surface area contributed by atoms with Crippen molar-refractivity contribution in [3.63, 3.8) is 0 Å². The van der Waals surface area contributed by atoms with Gasteiger partial charge in [-0.05, 0) is 52.5 Å². The van der Waals surface area contributed by atoms with Gasteiger partial charge >= 0.3 is 0 Å². The highest BCUT2D eigenvalue weighted by molar-refractivity contribution is 5.22. The van der Waals surface area contributed by atoms with Gasteiger partial charge < -0.3 is 4.90 Å². The van der Waals surface area contributed by atoms with Crippen molar-refractivity contribution in [1.29, 1.82) is 0 Å². The van der Waals surface area contributed by atoms with Crippen molar-refractivity contribution in [3.8, 4) is 0 Å². The molecule has 1 fully saturated rings. The molecule has 0 bridgehead atoms. The van der Waals surface area contributed by atoms with Gasteiger partial charge in [-0.1, -0.05) is 0 Å². The average molecular weight is 329 g/mol. The van der Waals surface area contributed by atoms with Gasteiger partial charge in [-0.25, -0.2) is 14.4 Å². The minimum absolute atomic E-state index is 0.272. The zero-order chi connectivity index (χ0) is 17.1. The maximum Gasteiger partial charge on any atom is 0.141 e. The lowest BCUT2D eigenvalue weighted by Crippen LogP contribution is -2.26. The Hall–Kier alpha value is -1.92. The second kappa shape index (κ2) is 7.32. The second-order valence-electron chi connectivity index (χ2n) is 6.66. The van der Waals surface area contributed by atoms with Gasteiger partial charge in [0.1, 0.15) is 11.6 Å². The van der Waals surface area contributed by atoms with E-state index < -0.39 is 0 Å². The van der Waals surface area contributed by atoms with Crippen molar-refractivity contribution in [2.75, 3.05) is 20.6 Å². The minimum atomic E-state index is -0.295. The first-order valence-corrected chi connectivity index (χ1v) is 8.34. The molecule has 0 spiro atoms. The summed E-state index contributed by atoms with van der Waals surface area (Å²) in [5.41, 5.74) is 3.19. The van der Waals surface area contributed by atoms with Gasteiger partial charge in [0.15, 0.2) is 0 Å². The summed E-state index contributed by atoms with van der Waals surface area (Å²) < 4.78 is 13.1. The summed E-state index contributed by atoms with van der Waals surface area (Å²) in [6, 6.07) is 3.50. The molecule has 0 N–H and O–H groups in total. The van der Waals surface area contributed by atoms with Gasteiger partial charge in [-0.15, -0.1) is 0 Å². The Morgan fingerprint density at radius 3 is 2.79 bits per heavy atom. The van der Waals surface area contributed by atoms with Crippen LogP contribution in [0.15, 0.2) is 24.5 Å². The van der Waals surface area contributed by atoms with E-state index in [0.717, 1.165) is 49.7 Å². The first-order valence-electron chi connectivity index (χ1n) is 8.34. The van der Waals surface area contributed by atoms with Gasteiger partial charge in [0.2, 0.25) is 0 Å². The Bertz CT molecular complexity index is 686. The maximum atomic E-state index is 13.1. The van der Waals surface area contributed by atoms with Crippen LogP contribution < -0.4 is 0 Å². The molecule has 0 unspecified atom stereocenters. The van der Waals surface area contributed by atoms with E-state index in [0.29, 0.717) is 0 Å². The third kappa shape index (κ3) is 3.94. The molecule has 0 aliphatic carbocycles. The SMILES string of the molecule is Cc1ncc(CN(C)C)c([C@H]2CCCN2Cc2ccc(F)cn2)n1. The maximum absolute atomic E-state index is 13.1. The molecular formula is C18H24FN5. The smallest absolute Gasteiger partial charge is 0.141 e. The largest absolute Gasteiger partial charge is 0.305 e. The molecule has 6 heteroatoms. The number of hydrogen-bond acceptors (Lipinski definition) is 5. The monoisotopic (exact) mass is 329 g/mol. The van der Waals surface area contributed by atoms with E-state index in [4.69, 9.17) is 4.98 Å². The summed E-state index contributed by atoms with van der Waals surface area (Å²) in [5, 5.41) is 0. The Balaban J connectivity index is 1.84. The van der Waals surface area contributed by atoms with E-state index in [1.165, 1.54) is 17.8 Å².